The van der Waals surface area contributed by atoms with E-state index in [1.807, 2.05) is 0 Å². The molecule has 2 aromatic rings. The fraction of sp³-hybridized carbons (Fsp3) is 0.143. The van der Waals surface area contributed by atoms with Crippen LogP contribution < -0.4 is 15.2 Å². The molecule has 0 aliphatic heterocycles. The van der Waals surface area contributed by atoms with Crippen LogP contribution in [0.25, 0.3) is 0 Å². The van der Waals surface area contributed by atoms with Crippen molar-refractivity contribution < 1.29 is 13.2 Å². The first-order valence-electron chi connectivity index (χ1n) is 6.12. The Bertz CT molecular complexity index is 748. The van der Waals surface area contributed by atoms with Crippen molar-refractivity contribution in [3.05, 3.63) is 52.5 Å². The Hall–Kier alpha value is -1.57. The largest absolute Gasteiger partial charge is 0.495 e. The molecule has 3 N–H and O–H groups in total. The first-order chi connectivity index (χ1) is 9.97. The van der Waals surface area contributed by atoms with Gasteiger partial charge >= 0.3 is 0 Å². The van der Waals surface area contributed by atoms with Crippen LogP contribution in [0.5, 0.6) is 5.75 Å². The van der Waals surface area contributed by atoms with E-state index >= 15 is 0 Å². The number of sulfonamides is 1. The molecule has 0 saturated carbocycles. The van der Waals surface area contributed by atoms with Gasteiger partial charge < -0.3 is 10.5 Å². The van der Waals surface area contributed by atoms with Crippen LogP contribution >= 0.6 is 15.9 Å². The summed E-state index contributed by atoms with van der Waals surface area (Å²) in [6.45, 7) is 0.346. The van der Waals surface area contributed by atoms with Gasteiger partial charge in [0.2, 0.25) is 0 Å². The van der Waals surface area contributed by atoms with Gasteiger partial charge in [-0.3, -0.25) is 4.72 Å². The second kappa shape index (κ2) is 6.46. The summed E-state index contributed by atoms with van der Waals surface area (Å²) in [5.41, 5.74) is 6.77. The molecule has 0 radical (unpaired) electrons. The van der Waals surface area contributed by atoms with E-state index in [0.29, 0.717) is 22.5 Å². The second-order valence-electron chi connectivity index (χ2n) is 4.27. The maximum Gasteiger partial charge on any atom is 0.263 e. The molecule has 5 nitrogen and oxygen atoms in total. The summed E-state index contributed by atoms with van der Waals surface area (Å²) in [5.74, 6) is 0.454. The molecule has 2 rings (SSSR count). The summed E-state index contributed by atoms with van der Waals surface area (Å²) in [6, 6.07) is 11.7. The van der Waals surface area contributed by atoms with Crippen LogP contribution in [-0.2, 0) is 16.6 Å². The van der Waals surface area contributed by atoms with Gasteiger partial charge in [0.25, 0.3) is 10.0 Å². The SMILES string of the molecule is COc1ccccc1NS(=O)(=O)c1ccc(CN)cc1Br. The third-order valence-corrected chi connectivity index (χ3v) is 5.22. The van der Waals surface area contributed by atoms with Crippen molar-refractivity contribution in [2.24, 2.45) is 5.73 Å². The maximum absolute atomic E-state index is 12.5. The fourth-order valence-corrected chi connectivity index (χ4v) is 4.01. The highest BCUT2D eigenvalue weighted by atomic mass is 79.9. The van der Waals surface area contributed by atoms with E-state index < -0.39 is 10.0 Å². The van der Waals surface area contributed by atoms with Crippen molar-refractivity contribution in [3.8, 4) is 5.75 Å². The molecule has 0 fully saturated rings. The predicted molar refractivity (Wildman–Crippen MR) is 85.8 cm³/mol. The van der Waals surface area contributed by atoms with Gasteiger partial charge in [-0.2, -0.15) is 0 Å². The van der Waals surface area contributed by atoms with Gasteiger partial charge in [0.05, 0.1) is 12.8 Å². The van der Waals surface area contributed by atoms with Gasteiger partial charge in [0.1, 0.15) is 10.6 Å². The Kier molecular flexibility index (Phi) is 4.87. The Labute approximate surface area is 132 Å². The predicted octanol–water partition coefficient (Wildman–Crippen LogP) is 2.72. The van der Waals surface area contributed by atoms with E-state index in [9.17, 15) is 8.42 Å². The van der Waals surface area contributed by atoms with Crippen LogP contribution in [0.15, 0.2) is 51.8 Å². The third kappa shape index (κ3) is 3.55. The quantitative estimate of drug-likeness (QED) is 0.847. The van der Waals surface area contributed by atoms with Gasteiger partial charge in [-0.15, -0.1) is 0 Å². The molecule has 0 bridgehead atoms. The second-order valence-corrected chi connectivity index (χ2v) is 6.78. The molecule has 0 spiro atoms. The molecule has 0 heterocycles. The Morgan fingerprint density at radius 2 is 1.95 bits per heavy atom. The topological polar surface area (TPSA) is 81.4 Å². The fourth-order valence-electron chi connectivity index (χ4n) is 1.82. The molecule has 0 amide bonds. The van der Waals surface area contributed by atoms with Crippen molar-refractivity contribution in [2.75, 3.05) is 11.8 Å². The molecule has 0 atom stereocenters. The molecule has 0 unspecified atom stereocenters. The number of methoxy groups -OCH3 is 1. The summed E-state index contributed by atoms with van der Waals surface area (Å²) in [6.07, 6.45) is 0. The van der Waals surface area contributed by atoms with Crippen molar-refractivity contribution in [2.45, 2.75) is 11.4 Å². The van der Waals surface area contributed by atoms with Gasteiger partial charge in [-0.1, -0.05) is 18.2 Å². The van der Waals surface area contributed by atoms with Crippen LogP contribution in [-0.4, -0.2) is 15.5 Å². The molecule has 0 aliphatic rings. The minimum Gasteiger partial charge on any atom is -0.495 e. The molecular weight excluding hydrogens is 356 g/mol. The summed E-state index contributed by atoms with van der Waals surface area (Å²) < 4.78 is 33.0. The highest BCUT2D eigenvalue weighted by molar-refractivity contribution is 9.10. The van der Waals surface area contributed by atoms with Gasteiger partial charge in [-0.05, 0) is 45.8 Å². The number of hydrogen-bond donors (Lipinski definition) is 2. The van der Waals surface area contributed by atoms with Crippen LogP contribution in [0.3, 0.4) is 0 Å². The van der Waals surface area contributed by atoms with E-state index in [1.165, 1.54) is 13.2 Å². The average Bonchev–Trinajstić information content (AvgIpc) is 2.47. The van der Waals surface area contributed by atoms with Crippen LogP contribution in [0.4, 0.5) is 5.69 Å². The minimum atomic E-state index is -3.72. The molecule has 0 aliphatic carbocycles. The lowest BCUT2D eigenvalue weighted by Gasteiger charge is -2.13. The highest BCUT2D eigenvalue weighted by Crippen LogP contribution is 2.29. The lowest BCUT2D eigenvalue weighted by Crippen LogP contribution is -2.14. The van der Waals surface area contributed by atoms with E-state index in [1.54, 1.807) is 36.4 Å². The summed E-state index contributed by atoms with van der Waals surface area (Å²) in [4.78, 5) is 0.144. The first kappa shape index (κ1) is 15.8. The number of halogens is 1. The highest BCUT2D eigenvalue weighted by Gasteiger charge is 2.19. The summed E-state index contributed by atoms with van der Waals surface area (Å²) in [7, 11) is -2.23. The number of hydrogen-bond acceptors (Lipinski definition) is 4. The lowest BCUT2D eigenvalue weighted by molar-refractivity contribution is 0.417. The van der Waals surface area contributed by atoms with E-state index in [0.717, 1.165) is 5.56 Å². The number of nitrogens with one attached hydrogen (secondary N) is 1. The molecule has 21 heavy (non-hydrogen) atoms. The zero-order valence-corrected chi connectivity index (χ0v) is 13.7. The number of benzene rings is 2. The third-order valence-electron chi connectivity index (χ3n) is 2.87. The van der Waals surface area contributed by atoms with Crippen molar-refractivity contribution in [1.82, 2.24) is 0 Å². The van der Waals surface area contributed by atoms with Crippen molar-refractivity contribution >= 4 is 31.6 Å². The number of para-hydroxylation sites is 2. The normalized spacial score (nSPS) is 11.2. The number of ether oxygens (including phenoxy) is 1. The number of nitrogens with two attached hydrogens (primary N) is 1. The number of rotatable bonds is 5. The standard InChI is InChI=1S/C14H15BrN2O3S/c1-20-13-5-3-2-4-12(13)17-21(18,19)14-7-6-10(9-16)8-11(14)15/h2-8,17H,9,16H2,1H3. The minimum absolute atomic E-state index is 0.144. The average molecular weight is 371 g/mol. The zero-order chi connectivity index (χ0) is 15.5. The van der Waals surface area contributed by atoms with Crippen molar-refractivity contribution in [3.63, 3.8) is 0 Å². The first-order valence-corrected chi connectivity index (χ1v) is 8.40. The lowest BCUT2D eigenvalue weighted by atomic mass is 10.2. The van der Waals surface area contributed by atoms with Crippen LogP contribution in [0.1, 0.15) is 5.56 Å². The van der Waals surface area contributed by atoms with Gasteiger partial charge in [0.15, 0.2) is 0 Å². The number of anilines is 1. The Morgan fingerprint density at radius 1 is 1.24 bits per heavy atom. The molecule has 2 aromatic carbocycles. The zero-order valence-electron chi connectivity index (χ0n) is 11.3. The molecule has 0 aromatic heterocycles. The van der Waals surface area contributed by atoms with Crippen LogP contribution in [0.2, 0.25) is 0 Å². The van der Waals surface area contributed by atoms with Gasteiger partial charge in [-0.25, -0.2) is 8.42 Å². The maximum atomic E-state index is 12.5. The molecular formula is C14H15BrN2O3S. The van der Waals surface area contributed by atoms with Crippen molar-refractivity contribution in [1.29, 1.82) is 0 Å². The summed E-state index contributed by atoms with van der Waals surface area (Å²) in [5, 5.41) is 0. The monoisotopic (exact) mass is 370 g/mol. The van der Waals surface area contributed by atoms with E-state index in [2.05, 4.69) is 20.7 Å². The molecule has 112 valence electrons. The summed E-state index contributed by atoms with van der Waals surface area (Å²) >= 11 is 3.27. The smallest absolute Gasteiger partial charge is 0.263 e. The van der Waals surface area contributed by atoms with E-state index in [4.69, 9.17) is 10.5 Å². The Morgan fingerprint density at radius 3 is 2.57 bits per heavy atom. The Balaban J connectivity index is 2.39. The van der Waals surface area contributed by atoms with Crippen LogP contribution in [0, 0.1) is 0 Å². The molecule has 0 saturated heterocycles. The van der Waals surface area contributed by atoms with E-state index in [-0.39, 0.29) is 4.90 Å². The van der Waals surface area contributed by atoms with Gasteiger partial charge in [0, 0.05) is 11.0 Å². The molecule has 7 heteroatoms.